The normalized spacial score (nSPS) is 21.4. The summed E-state index contributed by atoms with van der Waals surface area (Å²) in [5.74, 6) is 1.58. The average Bonchev–Trinajstić information content (AvgIpc) is 3.32. The van der Waals surface area contributed by atoms with Gasteiger partial charge in [0, 0.05) is 31.4 Å². The molecule has 0 aliphatic carbocycles. The molecule has 0 radical (unpaired) electrons. The van der Waals surface area contributed by atoms with Gasteiger partial charge in [-0.25, -0.2) is 4.79 Å². The van der Waals surface area contributed by atoms with Crippen molar-refractivity contribution in [1.82, 2.24) is 15.0 Å². The molecule has 0 spiro atoms. The Morgan fingerprint density at radius 1 is 1.16 bits per heavy atom. The quantitative estimate of drug-likeness (QED) is 0.925. The van der Waals surface area contributed by atoms with Crippen molar-refractivity contribution in [2.24, 2.45) is 0 Å². The number of nitrogens with one attached hydrogen (secondary N) is 1. The van der Waals surface area contributed by atoms with Gasteiger partial charge in [0.15, 0.2) is 5.82 Å². The van der Waals surface area contributed by atoms with Gasteiger partial charge in [-0.1, -0.05) is 23.4 Å². The lowest BCUT2D eigenvalue weighted by Crippen LogP contribution is -2.34. The van der Waals surface area contributed by atoms with Gasteiger partial charge in [0.2, 0.25) is 5.89 Å². The predicted molar refractivity (Wildman–Crippen MR) is 91.2 cm³/mol. The number of anilines is 1. The van der Waals surface area contributed by atoms with Gasteiger partial charge in [0.1, 0.15) is 6.04 Å². The molecule has 4 rings (SSSR count). The van der Waals surface area contributed by atoms with E-state index in [4.69, 9.17) is 9.26 Å². The van der Waals surface area contributed by atoms with Crippen LogP contribution in [0.4, 0.5) is 10.5 Å². The number of benzene rings is 1. The molecule has 7 heteroatoms. The van der Waals surface area contributed by atoms with E-state index in [0.29, 0.717) is 18.4 Å². The molecule has 1 N–H and O–H groups in total. The second-order valence-electron chi connectivity index (χ2n) is 6.53. The highest BCUT2D eigenvalue weighted by Crippen LogP contribution is 2.33. The summed E-state index contributed by atoms with van der Waals surface area (Å²) in [6.45, 7) is 2.17. The first-order valence-corrected chi connectivity index (χ1v) is 8.85. The van der Waals surface area contributed by atoms with E-state index in [1.165, 1.54) is 0 Å². The first kappa shape index (κ1) is 16.1. The van der Waals surface area contributed by atoms with Crippen LogP contribution < -0.4 is 5.32 Å². The SMILES string of the molecule is O=C(Nc1ccccc1)N1CCCC1c1nc(C2CCOCC2)no1. The smallest absolute Gasteiger partial charge is 0.322 e. The third-order valence-corrected chi connectivity index (χ3v) is 4.87. The van der Waals surface area contributed by atoms with Gasteiger partial charge in [-0.15, -0.1) is 0 Å². The van der Waals surface area contributed by atoms with Crippen LogP contribution >= 0.6 is 0 Å². The number of urea groups is 1. The molecule has 1 aromatic heterocycles. The second kappa shape index (κ2) is 7.23. The van der Waals surface area contributed by atoms with Crippen LogP contribution in [0.25, 0.3) is 0 Å². The van der Waals surface area contributed by atoms with Gasteiger partial charge < -0.3 is 19.5 Å². The van der Waals surface area contributed by atoms with Gasteiger partial charge in [-0.2, -0.15) is 4.98 Å². The third-order valence-electron chi connectivity index (χ3n) is 4.87. The minimum absolute atomic E-state index is 0.125. The Morgan fingerprint density at radius 2 is 1.96 bits per heavy atom. The number of nitrogens with zero attached hydrogens (tertiary/aromatic N) is 3. The molecule has 2 fully saturated rings. The zero-order chi connectivity index (χ0) is 17.1. The Kier molecular flexibility index (Phi) is 4.65. The van der Waals surface area contributed by atoms with E-state index in [1.54, 1.807) is 4.90 Å². The van der Waals surface area contributed by atoms with Crippen molar-refractivity contribution in [3.8, 4) is 0 Å². The molecule has 0 saturated carbocycles. The molecule has 132 valence electrons. The number of rotatable bonds is 3. The standard InChI is InChI=1S/C18H22N4O3/c23-18(19-14-5-2-1-3-6-14)22-10-4-7-15(22)17-20-16(21-25-17)13-8-11-24-12-9-13/h1-3,5-6,13,15H,4,7-12H2,(H,19,23). The Labute approximate surface area is 146 Å². The number of ether oxygens (including phenoxy) is 1. The number of likely N-dealkylation sites (tertiary alicyclic amines) is 1. The number of para-hydroxylation sites is 1. The van der Waals surface area contributed by atoms with E-state index in [2.05, 4.69) is 15.5 Å². The molecular formula is C18H22N4O3. The van der Waals surface area contributed by atoms with Crippen LogP contribution in [0.5, 0.6) is 0 Å². The summed E-state index contributed by atoms with van der Waals surface area (Å²) >= 11 is 0. The van der Waals surface area contributed by atoms with Crippen molar-refractivity contribution in [1.29, 1.82) is 0 Å². The second-order valence-corrected chi connectivity index (χ2v) is 6.53. The summed E-state index contributed by atoms with van der Waals surface area (Å²) in [5, 5.41) is 7.10. The summed E-state index contributed by atoms with van der Waals surface area (Å²) in [7, 11) is 0. The largest absolute Gasteiger partial charge is 0.381 e. The van der Waals surface area contributed by atoms with Gasteiger partial charge in [-0.3, -0.25) is 0 Å². The van der Waals surface area contributed by atoms with Crippen molar-refractivity contribution in [3.63, 3.8) is 0 Å². The van der Waals surface area contributed by atoms with E-state index in [-0.39, 0.29) is 12.1 Å². The topological polar surface area (TPSA) is 80.5 Å². The first-order valence-electron chi connectivity index (χ1n) is 8.85. The highest BCUT2D eigenvalue weighted by molar-refractivity contribution is 5.89. The van der Waals surface area contributed by atoms with Crippen LogP contribution in [0, 0.1) is 0 Å². The Morgan fingerprint density at radius 3 is 2.76 bits per heavy atom. The lowest BCUT2D eigenvalue weighted by molar-refractivity contribution is 0.0830. The minimum Gasteiger partial charge on any atom is -0.381 e. The fourth-order valence-electron chi connectivity index (χ4n) is 3.49. The van der Waals surface area contributed by atoms with Gasteiger partial charge in [0.25, 0.3) is 0 Å². The maximum absolute atomic E-state index is 12.6. The predicted octanol–water partition coefficient (Wildman–Crippen LogP) is 3.33. The maximum atomic E-state index is 12.6. The number of aromatic nitrogens is 2. The summed E-state index contributed by atoms with van der Waals surface area (Å²) in [6.07, 6.45) is 3.61. The van der Waals surface area contributed by atoms with Crippen LogP contribution in [-0.4, -0.2) is 40.8 Å². The monoisotopic (exact) mass is 342 g/mol. The summed E-state index contributed by atoms with van der Waals surface area (Å²) in [5.41, 5.74) is 0.784. The van der Waals surface area contributed by atoms with Gasteiger partial charge in [-0.05, 0) is 37.8 Å². The summed E-state index contributed by atoms with van der Waals surface area (Å²) in [6, 6.07) is 9.19. The van der Waals surface area contributed by atoms with E-state index in [9.17, 15) is 4.79 Å². The third kappa shape index (κ3) is 3.51. The number of hydrogen-bond acceptors (Lipinski definition) is 5. The van der Waals surface area contributed by atoms with E-state index < -0.39 is 0 Å². The van der Waals surface area contributed by atoms with Crippen LogP contribution in [0.15, 0.2) is 34.9 Å². The van der Waals surface area contributed by atoms with E-state index in [0.717, 1.165) is 50.4 Å². The maximum Gasteiger partial charge on any atom is 0.322 e. The molecule has 2 aliphatic rings. The molecule has 1 unspecified atom stereocenters. The zero-order valence-corrected chi connectivity index (χ0v) is 14.1. The molecule has 1 aromatic carbocycles. The Balaban J connectivity index is 1.46. The highest BCUT2D eigenvalue weighted by atomic mass is 16.5. The van der Waals surface area contributed by atoms with Crippen LogP contribution in [0.3, 0.4) is 0 Å². The van der Waals surface area contributed by atoms with Crippen molar-refractivity contribution in [2.45, 2.75) is 37.6 Å². The fourth-order valence-corrected chi connectivity index (χ4v) is 3.49. The Bertz CT molecular complexity index is 712. The van der Waals surface area contributed by atoms with Crippen LogP contribution in [0.1, 0.15) is 49.4 Å². The Hall–Kier alpha value is -2.41. The molecule has 2 saturated heterocycles. The summed E-state index contributed by atoms with van der Waals surface area (Å²) in [4.78, 5) is 19.0. The molecule has 2 aliphatic heterocycles. The van der Waals surface area contributed by atoms with Crippen LogP contribution in [0.2, 0.25) is 0 Å². The molecule has 2 aromatic rings. The number of hydrogen-bond donors (Lipinski definition) is 1. The molecule has 0 bridgehead atoms. The van der Waals surface area contributed by atoms with E-state index in [1.807, 2.05) is 30.3 Å². The molecular weight excluding hydrogens is 320 g/mol. The fraction of sp³-hybridized carbons (Fsp3) is 0.500. The molecule has 1 atom stereocenters. The first-order chi connectivity index (χ1) is 12.3. The van der Waals surface area contributed by atoms with Gasteiger partial charge >= 0.3 is 6.03 Å². The summed E-state index contributed by atoms with van der Waals surface area (Å²) < 4.78 is 10.9. The molecule has 2 amide bonds. The average molecular weight is 342 g/mol. The molecule has 25 heavy (non-hydrogen) atoms. The molecule has 7 nitrogen and oxygen atoms in total. The highest BCUT2D eigenvalue weighted by Gasteiger charge is 2.35. The number of amides is 2. The zero-order valence-electron chi connectivity index (χ0n) is 14.1. The van der Waals surface area contributed by atoms with Crippen molar-refractivity contribution >= 4 is 11.7 Å². The van der Waals surface area contributed by atoms with Crippen molar-refractivity contribution in [3.05, 3.63) is 42.0 Å². The lowest BCUT2D eigenvalue weighted by atomic mass is 10.00. The van der Waals surface area contributed by atoms with Gasteiger partial charge in [0.05, 0.1) is 0 Å². The lowest BCUT2D eigenvalue weighted by Gasteiger charge is -2.22. The van der Waals surface area contributed by atoms with E-state index >= 15 is 0 Å². The molecule has 3 heterocycles. The number of carbonyl (C=O) groups excluding carboxylic acids is 1. The van der Waals surface area contributed by atoms with Crippen LogP contribution in [-0.2, 0) is 4.74 Å². The number of carbonyl (C=O) groups is 1. The van der Waals surface area contributed by atoms with Crippen molar-refractivity contribution < 1.29 is 14.1 Å². The minimum atomic E-state index is -0.148. The van der Waals surface area contributed by atoms with Crippen molar-refractivity contribution in [2.75, 3.05) is 25.1 Å².